The topological polar surface area (TPSA) is 18.5 Å². The van der Waals surface area contributed by atoms with Gasteiger partial charge in [0, 0.05) is 18.6 Å². The fourth-order valence-electron chi connectivity index (χ4n) is 3.97. The highest BCUT2D eigenvalue weighted by atomic mass is 19.4. The van der Waals surface area contributed by atoms with Crippen molar-refractivity contribution in [2.24, 2.45) is 5.92 Å². The van der Waals surface area contributed by atoms with Crippen molar-refractivity contribution in [2.75, 3.05) is 39.3 Å². The Labute approximate surface area is 118 Å². The van der Waals surface area contributed by atoms with E-state index < -0.39 is 12.7 Å². The zero-order chi connectivity index (χ0) is 14.2. The summed E-state index contributed by atoms with van der Waals surface area (Å²) in [6.07, 6.45) is 0.198. The van der Waals surface area contributed by atoms with E-state index in [1.165, 1.54) is 30.8 Å². The quantitative estimate of drug-likeness (QED) is 0.854. The molecule has 1 atom stereocenters. The monoisotopic (exact) mass is 291 g/mol. The first-order valence-corrected chi connectivity index (χ1v) is 7.77. The van der Waals surface area contributed by atoms with Crippen molar-refractivity contribution in [3.63, 3.8) is 0 Å². The van der Waals surface area contributed by atoms with Crippen molar-refractivity contribution < 1.29 is 13.2 Å². The highest BCUT2D eigenvalue weighted by Gasteiger charge is 2.36. The minimum Gasteiger partial charge on any atom is -0.310 e. The van der Waals surface area contributed by atoms with Crippen LogP contribution in [0.5, 0.6) is 0 Å². The number of nitrogens with zero attached hydrogens (tertiary/aromatic N) is 2. The standard InChI is InChI=1S/C14H24F3N3/c15-14(16,17)10-20-7-3-12(4-8-20)18-13-9-19-5-1-11(13)2-6-19/h11-13,18H,1-10H2. The van der Waals surface area contributed by atoms with E-state index in [1.807, 2.05) is 0 Å². The summed E-state index contributed by atoms with van der Waals surface area (Å²) in [5.74, 6) is 0.785. The Morgan fingerprint density at radius 2 is 1.60 bits per heavy atom. The molecule has 0 aliphatic carbocycles. The van der Waals surface area contributed by atoms with Gasteiger partial charge >= 0.3 is 6.18 Å². The second kappa shape index (κ2) is 5.81. The van der Waals surface area contributed by atoms with Gasteiger partial charge in [-0.2, -0.15) is 13.2 Å². The Morgan fingerprint density at radius 1 is 0.950 bits per heavy atom. The number of likely N-dealkylation sites (tertiary alicyclic amines) is 1. The van der Waals surface area contributed by atoms with E-state index in [1.54, 1.807) is 0 Å². The zero-order valence-corrected chi connectivity index (χ0v) is 11.8. The zero-order valence-electron chi connectivity index (χ0n) is 11.8. The second-order valence-corrected chi connectivity index (χ2v) is 6.58. The molecule has 116 valence electrons. The number of rotatable bonds is 3. The predicted molar refractivity (Wildman–Crippen MR) is 71.6 cm³/mol. The van der Waals surface area contributed by atoms with Crippen molar-refractivity contribution in [1.82, 2.24) is 15.1 Å². The van der Waals surface area contributed by atoms with Gasteiger partial charge in [0.1, 0.15) is 0 Å². The van der Waals surface area contributed by atoms with E-state index in [0.29, 0.717) is 25.2 Å². The van der Waals surface area contributed by atoms with Crippen molar-refractivity contribution in [3.05, 3.63) is 0 Å². The van der Waals surface area contributed by atoms with Crippen LogP contribution < -0.4 is 5.32 Å². The predicted octanol–water partition coefficient (Wildman–Crippen LogP) is 1.70. The average molecular weight is 291 g/mol. The van der Waals surface area contributed by atoms with Gasteiger partial charge < -0.3 is 10.2 Å². The van der Waals surface area contributed by atoms with Gasteiger partial charge in [0.15, 0.2) is 0 Å². The molecule has 4 heterocycles. The molecule has 4 aliphatic heterocycles. The lowest BCUT2D eigenvalue weighted by atomic mass is 9.83. The van der Waals surface area contributed by atoms with Crippen molar-refractivity contribution in [2.45, 2.75) is 43.9 Å². The van der Waals surface area contributed by atoms with E-state index >= 15 is 0 Å². The molecule has 0 saturated carbocycles. The first-order valence-electron chi connectivity index (χ1n) is 7.77. The van der Waals surface area contributed by atoms with Crippen LogP contribution in [0.15, 0.2) is 0 Å². The lowest BCUT2D eigenvalue weighted by Gasteiger charge is -2.47. The highest BCUT2D eigenvalue weighted by Crippen LogP contribution is 2.28. The summed E-state index contributed by atoms with van der Waals surface area (Å²) in [6.45, 7) is 3.98. The van der Waals surface area contributed by atoms with Gasteiger partial charge in [0.05, 0.1) is 6.54 Å². The maximum Gasteiger partial charge on any atom is 0.401 e. The molecule has 4 fully saturated rings. The molecular formula is C14H24F3N3. The number of piperidine rings is 4. The third-order valence-corrected chi connectivity index (χ3v) is 5.10. The Balaban J connectivity index is 1.42. The van der Waals surface area contributed by atoms with Gasteiger partial charge in [-0.1, -0.05) is 0 Å². The molecule has 4 saturated heterocycles. The third-order valence-electron chi connectivity index (χ3n) is 5.10. The molecule has 0 amide bonds. The normalized spacial score (nSPS) is 36.5. The Hall–Kier alpha value is -0.330. The minimum absolute atomic E-state index is 0.407. The van der Waals surface area contributed by atoms with Gasteiger partial charge in [-0.15, -0.1) is 0 Å². The van der Waals surface area contributed by atoms with Crippen molar-refractivity contribution >= 4 is 0 Å². The molecule has 0 aromatic heterocycles. The summed E-state index contributed by atoms with van der Waals surface area (Å²) in [4.78, 5) is 4.05. The van der Waals surface area contributed by atoms with Crippen LogP contribution >= 0.6 is 0 Å². The molecule has 6 heteroatoms. The molecule has 4 rings (SSSR count). The molecule has 4 aliphatic rings. The lowest BCUT2D eigenvalue weighted by molar-refractivity contribution is -0.148. The van der Waals surface area contributed by atoms with Crippen LogP contribution in [0, 0.1) is 5.92 Å². The van der Waals surface area contributed by atoms with Gasteiger partial charge in [-0.25, -0.2) is 0 Å². The number of hydrogen-bond donors (Lipinski definition) is 1. The van der Waals surface area contributed by atoms with Crippen LogP contribution in [0.1, 0.15) is 25.7 Å². The first-order chi connectivity index (χ1) is 9.49. The fourth-order valence-corrected chi connectivity index (χ4v) is 3.97. The molecule has 1 unspecified atom stereocenters. The number of hydrogen-bond acceptors (Lipinski definition) is 3. The van der Waals surface area contributed by atoms with Gasteiger partial charge in [0.25, 0.3) is 0 Å². The molecule has 20 heavy (non-hydrogen) atoms. The molecule has 0 radical (unpaired) electrons. The average Bonchev–Trinajstić information content (AvgIpc) is 2.41. The molecular weight excluding hydrogens is 267 g/mol. The number of halogens is 3. The number of alkyl halides is 3. The molecule has 0 aromatic rings. The van der Waals surface area contributed by atoms with E-state index in [2.05, 4.69) is 10.2 Å². The molecule has 0 aromatic carbocycles. The largest absolute Gasteiger partial charge is 0.401 e. The highest BCUT2D eigenvalue weighted by molar-refractivity contribution is 4.93. The van der Waals surface area contributed by atoms with E-state index in [0.717, 1.165) is 25.3 Å². The van der Waals surface area contributed by atoms with Gasteiger partial charge in [-0.3, -0.25) is 4.90 Å². The second-order valence-electron chi connectivity index (χ2n) is 6.58. The Kier molecular flexibility index (Phi) is 4.24. The molecule has 3 nitrogen and oxygen atoms in total. The Morgan fingerprint density at radius 3 is 2.10 bits per heavy atom. The first kappa shape index (κ1) is 14.6. The smallest absolute Gasteiger partial charge is 0.310 e. The number of fused-ring (bicyclic) bond motifs is 3. The minimum atomic E-state index is -4.06. The van der Waals surface area contributed by atoms with Crippen LogP contribution in [-0.2, 0) is 0 Å². The van der Waals surface area contributed by atoms with E-state index in [4.69, 9.17) is 0 Å². The van der Waals surface area contributed by atoms with Crippen molar-refractivity contribution in [1.29, 1.82) is 0 Å². The third kappa shape index (κ3) is 3.65. The van der Waals surface area contributed by atoms with Crippen LogP contribution in [-0.4, -0.2) is 67.3 Å². The van der Waals surface area contributed by atoms with Crippen LogP contribution in [0.2, 0.25) is 0 Å². The molecule has 1 N–H and O–H groups in total. The summed E-state index contributed by atoms with van der Waals surface area (Å²) >= 11 is 0. The van der Waals surface area contributed by atoms with Gasteiger partial charge in [0.2, 0.25) is 0 Å². The fraction of sp³-hybridized carbons (Fsp3) is 1.00. The van der Waals surface area contributed by atoms with Crippen LogP contribution in [0.25, 0.3) is 0 Å². The Bertz CT molecular complexity index is 318. The summed E-state index contributed by atoms with van der Waals surface area (Å²) < 4.78 is 37.0. The van der Waals surface area contributed by atoms with Gasteiger partial charge in [-0.05, 0) is 57.8 Å². The van der Waals surface area contributed by atoms with Crippen LogP contribution in [0.3, 0.4) is 0 Å². The summed E-state index contributed by atoms with van der Waals surface area (Å²) in [5.41, 5.74) is 0. The maximum atomic E-state index is 12.3. The summed E-state index contributed by atoms with van der Waals surface area (Å²) in [7, 11) is 0. The van der Waals surface area contributed by atoms with Crippen molar-refractivity contribution in [3.8, 4) is 0 Å². The maximum absolute atomic E-state index is 12.3. The van der Waals surface area contributed by atoms with Crippen LogP contribution in [0.4, 0.5) is 13.2 Å². The SMILES string of the molecule is FC(F)(F)CN1CCC(NC2CN3CCC2CC3)CC1. The molecule has 2 bridgehead atoms. The molecule has 0 spiro atoms. The summed E-state index contributed by atoms with van der Waals surface area (Å²) in [5, 5.41) is 3.72. The van der Waals surface area contributed by atoms with E-state index in [9.17, 15) is 13.2 Å². The summed E-state index contributed by atoms with van der Waals surface area (Å²) in [6, 6.07) is 0.974. The number of nitrogens with one attached hydrogen (secondary N) is 1. The lowest BCUT2D eigenvalue weighted by Crippen LogP contribution is -2.59. The van der Waals surface area contributed by atoms with E-state index in [-0.39, 0.29) is 0 Å².